The Bertz CT molecular complexity index is 647. The van der Waals surface area contributed by atoms with Crippen LogP contribution in [0.4, 0.5) is 5.82 Å². The topological polar surface area (TPSA) is 67.1 Å². The highest BCUT2D eigenvalue weighted by Crippen LogP contribution is 2.34. The van der Waals surface area contributed by atoms with Crippen molar-refractivity contribution in [3.63, 3.8) is 0 Å². The maximum atomic E-state index is 9.28. The predicted octanol–water partition coefficient (Wildman–Crippen LogP) is 1.81. The zero-order chi connectivity index (χ0) is 14.2. The smallest absolute Gasteiger partial charge is 0.176 e. The van der Waals surface area contributed by atoms with Crippen LogP contribution < -0.4 is 4.90 Å². The molecule has 0 bridgehead atoms. The minimum atomic E-state index is -0.126. The van der Waals surface area contributed by atoms with Crippen LogP contribution >= 0.6 is 0 Å². The summed E-state index contributed by atoms with van der Waals surface area (Å²) in [6.45, 7) is 0.598. The van der Waals surface area contributed by atoms with E-state index in [9.17, 15) is 5.11 Å². The SMILES string of the molecule is OCc1nc2n(n1)-c1cccnc1N(C1CCCCC1)C2. The summed E-state index contributed by atoms with van der Waals surface area (Å²) in [6.07, 6.45) is 8.19. The minimum absolute atomic E-state index is 0.126. The molecule has 0 atom stereocenters. The number of nitrogens with zero attached hydrogens (tertiary/aromatic N) is 5. The van der Waals surface area contributed by atoms with Gasteiger partial charge in [-0.3, -0.25) is 0 Å². The van der Waals surface area contributed by atoms with Gasteiger partial charge in [0.2, 0.25) is 0 Å². The molecule has 4 rings (SSSR count). The molecule has 6 heteroatoms. The Kier molecular flexibility index (Phi) is 3.11. The molecular formula is C15H19N5O. The highest BCUT2D eigenvalue weighted by atomic mass is 16.3. The molecule has 1 N–H and O–H groups in total. The van der Waals surface area contributed by atoms with E-state index >= 15 is 0 Å². The van der Waals surface area contributed by atoms with Gasteiger partial charge < -0.3 is 10.0 Å². The van der Waals surface area contributed by atoms with Crippen molar-refractivity contribution in [2.24, 2.45) is 0 Å². The molecule has 0 saturated heterocycles. The average molecular weight is 285 g/mol. The van der Waals surface area contributed by atoms with E-state index in [0.717, 1.165) is 23.9 Å². The van der Waals surface area contributed by atoms with Gasteiger partial charge in [-0.05, 0) is 25.0 Å². The lowest BCUT2D eigenvalue weighted by Crippen LogP contribution is -2.40. The molecule has 0 radical (unpaired) electrons. The Morgan fingerprint density at radius 2 is 2.10 bits per heavy atom. The molecule has 2 aromatic heterocycles. The fourth-order valence-corrected chi connectivity index (χ4v) is 3.45. The van der Waals surface area contributed by atoms with Crippen molar-refractivity contribution in [1.29, 1.82) is 0 Å². The summed E-state index contributed by atoms with van der Waals surface area (Å²) in [4.78, 5) is 11.4. The monoisotopic (exact) mass is 285 g/mol. The first-order valence-electron chi connectivity index (χ1n) is 7.64. The average Bonchev–Trinajstić information content (AvgIpc) is 2.98. The number of aliphatic hydroxyl groups excluding tert-OH is 1. The van der Waals surface area contributed by atoms with Crippen LogP contribution in [0.25, 0.3) is 5.69 Å². The Labute approximate surface area is 123 Å². The molecule has 6 nitrogen and oxygen atoms in total. The standard InChI is InChI=1S/C15H19N5O/c21-10-13-17-14-9-19(11-5-2-1-3-6-11)15-12(20(14)18-13)7-4-8-16-15/h4,7-8,11,21H,1-3,5-6,9-10H2. The summed E-state index contributed by atoms with van der Waals surface area (Å²) >= 11 is 0. The Balaban J connectivity index is 1.78. The number of aliphatic hydroxyl groups is 1. The second-order valence-electron chi connectivity index (χ2n) is 5.78. The van der Waals surface area contributed by atoms with Crippen molar-refractivity contribution in [1.82, 2.24) is 19.7 Å². The number of hydrogen-bond acceptors (Lipinski definition) is 5. The largest absolute Gasteiger partial charge is 0.388 e. The molecule has 1 saturated carbocycles. The van der Waals surface area contributed by atoms with Gasteiger partial charge in [0.25, 0.3) is 0 Å². The molecule has 2 aromatic rings. The van der Waals surface area contributed by atoms with E-state index in [-0.39, 0.29) is 6.61 Å². The van der Waals surface area contributed by atoms with Crippen LogP contribution in [0.3, 0.4) is 0 Å². The third-order valence-corrected chi connectivity index (χ3v) is 4.45. The van der Waals surface area contributed by atoms with Crippen molar-refractivity contribution < 1.29 is 5.11 Å². The quantitative estimate of drug-likeness (QED) is 0.911. The van der Waals surface area contributed by atoms with Gasteiger partial charge in [-0.15, -0.1) is 5.10 Å². The molecular weight excluding hydrogens is 266 g/mol. The maximum absolute atomic E-state index is 9.28. The van der Waals surface area contributed by atoms with Gasteiger partial charge in [0, 0.05) is 12.2 Å². The summed E-state index contributed by atoms with van der Waals surface area (Å²) in [5.74, 6) is 2.36. The number of aromatic nitrogens is 4. The van der Waals surface area contributed by atoms with Gasteiger partial charge in [-0.2, -0.15) is 0 Å². The van der Waals surface area contributed by atoms with Crippen LogP contribution in [-0.4, -0.2) is 30.9 Å². The summed E-state index contributed by atoms with van der Waals surface area (Å²) in [5.41, 5.74) is 0.969. The van der Waals surface area contributed by atoms with E-state index in [1.807, 2.05) is 23.0 Å². The van der Waals surface area contributed by atoms with Crippen LogP contribution in [0.1, 0.15) is 43.8 Å². The Morgan fingerprint density at radius 3 is 2.90 bits per heavy atom. The van der Waals surface area contributed by atoms with Crippen molar-refractivity contribution in [2.45, 2.75) is 51.3 Å². The van der Waals surface area contributed by atoms with E-state index in [2.05, 4.69) is 20.0 Å². The van der Waals surface area contributed by atoms with Gasteiger partial charge in [-0.25, -0.2) is 14.6 Å². The van der Waals surface area contributed by atoms with Crippen molar-refractivity contribution >= 4 is 5.82 Å². The summed E-state index contributed by atoms with van der Waals surface area (Å²) in [7, 11) is 0. The van der Waals surface area contributed by atoms with Gasteiger partial charge in [-0.1, -0.05) is 19.3 Å². The maximum Gasteiger partial charge on any atom is 0.176 e. The van der Waals surface area contributed by atoms with Crippen LogP contribution in [0.2, 0.25) is 0 Å². The lowest BCUT2D eigenvalue weighted by atomic mass is 9.93. The Hall–Kier alpha value is -1.95. The van der Waals surface area contributed by atoms with Crippen LogP contribution in [-0.2, 0) is 13.2 Å². The lowest BCUT2D eigenvalue weighted by Gasteiger charge is -2.38. The number of hydrogen-bond donors (Lipinski definition) is 1. The van der Waals surface area contributed by atoms with Gasteiger partial charge in [0.15, 0.2) is 17.5 Å². The van der Waals surface area contributed by atoms with Crippen LogP contribution in [0.15, 0.2) is 18.3 Å². The number of rotatable bonds is 2. The number of pyridine rings is 1. The van der Waals surface area contributed by atoms with Gasteiger partial charge >= 0.3 is 0 Å². The summed E-state index contributed by atoms with van der Waals surface area (Å²) in [6, 6.07) is 4.49. The minimum Gasteiger partial charge on any atom is -0.388 e. The van der Waals surface area contributed by atoms with E-state index in [4.69, 9.17) is 0 Å². The normalized spacial score (nSPS) is 18.4. The first-order valence-corrected chi connectivity index (χ1v) is 7.64. The molecule has 0 amide bonds. The molecule has 110 valence electrons. The van der Waals surface area contributed by atoms with Crippen LogP contribution in [0, 0.1) is 0 Å². The first-order chi connectivity index (χ1) is 10.4. The lowest BCUT2D eigenvalue weighted by molar-refractivity contribution is 0.271. The van der Waals surface area contributed by atoms with Crippen molar-refractivity contribution in [2.75, 3.05) is 4.90 Å². The third kappa shape index (κ3) is 2.10. The Morgan fingerprint density at radius 1 is 1.24 bits per heavy atom. The highest BCUT2D eigenvalue weighted by molar-refractivity contribution is 5.60. The molecule has 0 aromatic carbocycles. The highest BCUT2D eigenvalue weighted by Gasteiger charge is 2.31. The van der Waals surface area contributed by atoms with Gasteiger partial charge in [0.1, 0.15) is 12.3 Å². The van der Waals surface area contributed by atoms with Gasteiger partial charge in [0.05, 0.1) is 6.54 Å². The van der Waals surface area contributed by atoms with E-state index in [1.54, 1.807) is 0 Å². The third-order valence-electron chi connectivity index (χ3n) is 4.45. The zero-order valence-corrected chi connectivity index (χ0v) is 11.9. The second kappa shape index (κ2) is 5.11. The fourth-order valence-electron chi connectivity index (χ4n) is 3.45. The fraction of sp³-hybridized carbons (Fsp3) is 0.533. The van der Waals surface area contributed by atoms with Crippen molar-refractivity contribution in [3.8, 4) is 5.69 Å². The molecule has 1 fully saturated rings. The second-order valence-corrected chi connectivity index (χ2v) is 5.78. The van der Waals surface area contributed by atoms with E-state index in [0.29, 0.717) is 11.9 Å². The zero-order valence-electron chi connectivity index (χ0n) is 11.9. The molecule has 2 aliphatic rings. The molecule has 21 heavy (non-hydrogen) atoms. The van der Waals surface area contributed by atoms with E-state index in [1.165, 1.54) is 32.1 Å². The molecule has 1 aliphatic carbocycles. The summed E-state index contributed by atoms with van der Waals surface area (Å²) < 4.78 is 1.83. The molecule has 3 heterocycles. The van der Waals surface area contributed by atoms with Crippen LogP contribution in [0.5, 0.6) is 0 Å². The first kappa shape index (κ1) is 12.8. The molecule has 0 unspecified atom stereocenters. The number of anilines is 1. The number of fused-ring (bicyclic) bond motifs is 3. The van der Waals surface area contributed by atoms with Crippen molar-refractivity contribution in [3.05, 3.63) is 30.0 Å². The molecule has 1 aliphatic heterocycles. The predicted molar refractivity (Wildman–Crippen MR) is 78.1 cm³/mol. The van der Waals surface area contributed by atoms with E-state index < -0.39 is 0 Å². The summed E-state index contributed by atoms with van der Waals surface area (Å²) in [5, 5.41) is 13.7. The molecule has 0 spiro atoms.